The van der Waals surface area contributed by atoms with Crippen molar-refractivity contribution in [1.82, 2.24) is 19.6 Å². The number of carbonyl (C=O) groups excluding carboxylic acids is 1. The summed E-state index contributed by atoms with van der Waals surface area (Å²) in [4.78, 5) is 20.7. The fourth-order valence-corrected chi connectivity index (χ4v) is 4.71. The van der Waals surface area contributed by atoms with Crippen molar-refractivity contribution in [2.24, 2.45) is 0 Å². The Kier molecular flexibility index (Phi) is 8.43. The number of hydrogen-bond donors (Lipinski definition) is 2. The summed E-state index contributed by atoms with van der Waals surface area (Å²) in [6, 6.07) is 17.2. The molecule has 3 fully saturated rings. The highest BCUT2D eigenvalue weighted by atomic mass is 16.2. The van der Waals surface area contributed by atoms with E-state index in [1.54, 1.807) is 6.92 Å². The van der Waals surface area contributed by atoms with E-state index in [0.717, 1.165) is 56.7 Å². The van der Waals surface area contributed by atoms with Crippen LogP contribution in [0.15, 0.2) is 48.5 Å². The van der Waals surface area contributed by atoms with Gasteiger partial charge in [0.25, 0.3) is 0 Å². The minimum Gasteiger partial charge on any atom is -0.399 e. The summed E-state index contributed by atoms with van der Waals surface area (Å²) in [5.41, 5.74) is 15.7. The SMILES string of the molecule is CC(=O)N1CCN(Cc2ccc(N)cc2)CC1.Nc1ccc(CN2CCN(C3CC3)CC2)cc1. The van der Waals surface area contributed by atoms with E-state index >= 15 is 0 Å². The molecule has 2 aromatic carbocycles. The van der Waals surface area contributed by atoms with Gasteiger partial charge in [-0.3, -0.25) is 19.5 Å². The fourth-order valence-electron chi connectivity index (χ4n) is 4.71. The zero-order chi connectivity index (χ0) is 23.9. The van der Waals surface area contributed by atoms with E-state index < -0.39 is 0 Å². The second-order valence-corrected chi connectivity index (χ2v) is 9.81. The van der Waals surface area contributed by atoms with Crippen molar-refractivity contribution >= 4 is 17.3 Å². The molecule has 7 heteroatoms. The van der Waals surface area contributed by atoms with Gasteiger partial charge in [-0.05, 0) is 48.2 Å². The lowest BCUT2D eigenvalue weighted by atomic mass is 10.2. The number of anilines is 2. The summed E-state index contributed by atoms with van der Waals surface area (Å²) in [6.07, 6.45) is 2.86. The van der Waals surface area contributed by atoms with Crippen molar-refractivity contribution in [3.05, 3.63) is 59.7 Å². The highest BCUT2D eigenvalue weighted by Crippen LogP contribution is 2.27. The monoisotopic (exact) mass is 464 g/mol. The third-order valence-electron chi connectivity index (χ3n) is 7.06. The van der Waals surface area contributed by atoms with Gasteiger partial charge >= 0.3 is 0 Å². The molecule has 1 saturated carbocycles. The Morgan fingerprint density at radius 1 is 0.706 bits per heavy atom. The predicted molar refractivity (Wildman–Crippen MR) is 139 cm³/mol. The third-order valence-corrected chi connectivity index (χ3v) is 7.06. The molecule has 1 aliphatic carbocycles. The Labute approximate surface area is 204 Å². The van der Waals surface area contributed by atoms with E-state index in [4.69, 9.17) is 11.5 Å². The summed E-state index contributed by atoms with van der Waals surface area (Å²) in [5, 5.41) is 0. The van der Waals surface area contributed by atoms with Crippen molar-refractivity contribution in [2.75, 3.05) is 63.8 Å². The van der Waals surface area contributed by atoms with Crippen molar-refractivity contribution in [1.29, 1.82) is 0 Å². The maximum Gasteiger partial charge on any atom is 0.219 e. The third kappa shape index (κ3) is 7.45. The summed E-state index contributed by atoms with van der Waals surface area (Å²) in [7, 11) is 0. The van der Waals surface area contributed by atoms with Crippen LogP contribution in [0.1, 0.15) is 30.9 Å². The van der Waals surface area contributed by atoms with Gasteiger partial charge in [-0.2, -0.15) is 0 Å². The second kappa shape index (κ2) is 11.7. The van der Waals surface area contributed by atoms with Gasteiger partial charge in [0, 0.05) is 89.8 Å². The molecule has 0 unspecified atom stereocenters. The number of amides is 1. The minimum atomic E-state index is 0.178. The first-order valence-corrected chi connectivity index (χ1v) is 12.6. The van der Waals surface area contributed by atoms with Gasteiger partial charge in [0.1, 0.15) is 0 Å². The van der Waals surface area contributed by atoms with Crippen molar-refractivity contribution in [3.63, 3.8) is 0 Å². The van der Waals surface area contributed by atoms with E-state index in [9.17, 15) is 4.79 Å². The molecule has 0 spiro atoms. The van der Waals surface area contributed by atoms with Crippen LogP contribution in [0.3, 0.4) is 0 Å². The summed E-state index contributed by atoms with van der Waals surface area (Å²) >= 11 is 0. The first-order valence-electron chi connectivity index (χ1n) is 12.6. The molecule has 4 N–H and O–H groups in total. The zero-order valence-corrected chi connectivity index (χ0v) is 20.5. The molecule has 1 amide bonds. The van der Waals surface area contributed by atoms with Crippen LogP contribution < -0.4 is 11.5 Å². The molecule has 184 valence electrons. The number of nitrogens with two attached hydrogens (primary N) is 2. The fraction of sp³-hybridized carbons (Fsp3) is 0.519. The largest absolute Gasteiger partial charge is 0.399 e. The number of hydrogen-bond acceptors (Lipinski definition) is 6. The van der Waals surface area contributed by atoms with Gasteiger partial charge in [-0.15, -0.1) is 0 Å². The van der Waals surface area contributed by atoms with Crippen LogP contribution in [-0.2, 0) is 17.9 Å². The summed E-state index contributed by atoms with van der Waals surface area (Å²) in [5.74, 6) is 0.178. The summed E-state index contributed by atoms with van der Waals surface area (Å²) < 4.78 is 0. The smallest absolute Gasteiger partial charge is 0.219 e. The molecule has 34 heavy (non-hydrogen) atoms. The molecule has 0 atom stereocenters. The van der Waals surface area contributed by atoms with Crippen LogP contribution in [0.2, 0.25) is 0 Å². The highest BCUT2D eigenvalue weighted by molar-refractivity contribution is 5.73. The molecule has 2 aromatic rings. The van der Waals surface area contributed by atoms with Gasteiger partial charge in [0.15, 0.2) is 0 Å². The lowest BCUT2D eigenvalue weighted by Gasteiger charge is -2.34. The molecule has 5 rings (SSSR count). The average Bonchev–Trinajstić information content (AvgIpc) is 3.69. The van der Waals surface area contributed by atoms with Crippen molar-refractivity contribution in [3.8, 4) is 0 Å². The molecule has 0 aromatic heterocycles. The maximum absolute atomic E-state index is 11.2. The Bertz CT molecular complexity index is 896. The molecular formula is C27H40N6O. The standard InChI is InChI=1S/C14H21N3.C13H19N3O/c15-13-3-1-12(2-4-13)11-16-7-9-17(10-8-16)14-5-6-14;1-11(17)16-8-6-15(7-9-16)10-12-2-4-13(14)5-3-12/h1-4,14H,5-11,15H2;2-5H,6-10,14H2,1H3. The molecule has 2 aliphatic heterocycles. The lowest BCUT2D eigenvalue weighted by molar-refractivity contribution is -0.130. The Balaban J connectivity index is 0.000000161. The number of benzene rings is 2. The van der Waals surface area contributed by atoms with E-state index in [1.807, 2.05) is 29.2 Å². The molecule has 2 heterocycles. The molecule has 7 nitrogen and oxygen atoms in total. The molecule has 0 bridgehead atoms. The van der Waals surface area contributed by atoms with Gasteiger partial charge in [-0.25, -0.2) is 0 Å². The molecule has 0 radical (unpaired) electrons. The van der Waals surface area contributed by atoms with Gasteiger partial charge in [0.05, 0.1) is 0 Å². The molecule has 3 aliphatic rings. The van der Waals surface area contributed by atoms with Crippen LogP contribution in [0, 0.1) is 0 Å². The van der Waals surface area contributed by atoms with Crippen molar-refractivity contribution < 1.29 is 4.79 Å². The minimum absolute atomic E-state index is 0.178. The Morgan fingerprint density at radius 2 is 1.12 bits per heavy atom. The predicted octanol–water partition coefficient (Wildman–Crippen LogP) is 2.48. The lowest BCUT2D eigenvalue weighted by Crippen LogP contribution is -2.47. The number of nitrogens with zero attached hydrogens (tertiary/aromatic N) is 4. The first-order chi connectivity index (χ1) is 16.5. The van der Waals surface area contributed by atoms with Crippen molar-refractivity contribution in [2.45, 2.75) is 38.9 Å². The number of carbonyl (C=O) groups is 1. The van der Waals surface area contributed by atoms with Crippen LogP contribution in [0.5, 0.6) is 0 Å². The van der Waals surface area contributed by atoms with E-state index in [1.165, 1.54) is 50.1 Å². The number of piperazine rings is 2. The molecular weight excluding hydrogens is 424 g/mol. The van der Waals surface area contributed by atoms with Crippen LogP contribution in [0.4, 0.5) is 11.4 Å². The maximum atomic E-state index is 11.2. The summed E-state index contributed by atoms with van der Waals surface area (Å²) in [6.45, 7) is 12.1. The Morgan fingerprint density at radius 3 is 1.50 bits per heavy atom. The number of nitrogen functional groups attached to an aromatic ring is 2. The van der Waals surface area contributed by atoms with Crippen LogP contribution in [-0.4, -0.2) is 83.9 Å². The quantitative estimate of drug-likeness (QED) is 0.662. The molecule has 2 saturated heterocycles. The second-order valence-electron chi connectivity index (χ2n) is 9.81. The number of rotatable bonds is 5. The van der Waals surface area contributed by atoms with Gasteiger partial charge < -0.3 is 16.4 Å². The topological polar surface area (TPSA) is 82.1 Å². The van der Waals surface area contributed by atoms with E-state index in [2.05, 4.69) is 39.0 Å². The van der Waals surface area contributed by atoms with E-state index in [-0.39, 0.29) is 5.91 Å². The Hall–Kier alpha value is -2.61. The average molecular weight is 465 g/mol. The van der Waals surface area contributed by atoms with E-state index in [0.29, 0.717) is 0 Å². The van der Waals surface area contributed by atoms with Gasteiger partial charge in [0.2, 0.25) is 5.91 Å². The normalized spacial score (nSPS) is 20.0. The van der Waals surface area contributed by atoms with Gasteiger partial charge in [-0.1, -0.05) is 24.3 Å². The van der Waals surface area contributed by atoms with Crippen LogP contribution in [0.25, 0.3) is 0 Å². The zero-order valence-electron chi connectivity index (χ0n) is 20.5. The highest BCUT2D eigenvalue weighted by Gasteiger charge is 2.31. The van der Waals surface area contributed by atoms with Crippen LogP contribution >= 0.6 is 0 Å². The first kappa shape index (κ1) is 24.5.